The second-order valence-corrected chi connectivity index (χ2v) is 5.13. The maximum Gasteiger partial charge on any atom is 0.248 e. The van der Waals surface area contributed by atoms with Gasteiger partial charge in [-0.2, -0.15) is 4.98 Å². The lowest BCUT2D eigenvalue weighted by atomic mass is 9.87. The molecule has 20 heavy (non-hydrogen) atoms. The molecule has 3 rings (SSSR count). The molecule has 4 nitrogen and oxygen atoms in total. The number of hydrogen-bond donors (Lipinski definition) is 1. The van der Waals surface area contributed by atoms with Crippen molar-refractivity contribution in [2.75, 3.05) is 0 Å². The lowest BCUT2D eigenvalue weighted by Crippen LogP contribution is -2.23. The Morgan fingerprint density at radius 1 is 1.15 bits per heavy atom. The number of aromatic hydroxyl groups is 1. The van der Waals surface area contributed by atoms with Gasteiger partial charge >= 0.3 is 0 Å². The third-order valence-electron chi connectivity index (χ3n) is 3.63. The number of phenols is 1. The van der Waals surface area contributed by atoms with Crippen LogP contribution >= 0.6 is 0 Å². The molecular formula is C14H14F2N2O2. The summed E-state index contributed by atoms with van der Waals surface area (Å²) in [5, 5.41) is 13.1. The molecule has 1 aromatic carbocycles. The summed E-state index contributed by atoms with van der Waals surface area (Å²) in [6.45, 7) is 0. The van der Waals surface area contributed by atoms with Crippen LogP contribution in [-0.4, -0.2) is 21.2 Å². The minimum atomic E-state index is -2.56. The monoisotopic (exact) mass is 280 g/mol. The van der Waals surface area contributed by atoms with Crippen molar-refractivity contribution in [3.05, 3.63) is 30.2 Å². The van der Waals surface area contributed by atoms with E-state index in [4.69, 9.17) is 4.52 Å². The van der Waals surface area contributed by atoms with E-state index >= 15 is 0 Å². The Bertz CT molecular complexity index is 585. The van der Waals surface area contributed by atoms with Gasteiger partial charge in [0.1, 0.15) is 5.75 Å². The van der Waals surface area contributed by atoms with E-state index in [9.17, 15) is 13.9 Å². The van der Waals surface area contributed by atoms with E-state index in [1.807, 2.05) is 0 Å². The van der Waals surface area contributed by atoms with Crippen LogP contribution in [0.1, 0.15) is 37.5 Å². The normalized spacial score (nSPS) is 19.1. The smallest absolute Gasteiger partial charge is 0.248 e. The summed E-state index contributed by atoms with van der Waals surface area (Å²) in [5.41, 5.74) is 0.721. The summed E-state index contributed by atoms with van der Waals surface area (Å²) in [5.74, 6) is -1.66. The van der Waals surface area contributed by atoms with Crippen LogP contribution in [0.25, 0.3) is 11.4 Å². The fourth-order valence-corrected chi connectivity index (χ4v) is 2.42. The third kappa shape index (κ3) is 2.64. The number of hydrogen-bond acceptors (Lipinski definition) is 4. The van der Waals surface area contributed by atoms with Gasteiger partial charge in [0.15, 0.2) is 0 Å². The van der Waals surface area contributed by atoms with Gasteiger partial charge < -0.3 is 9.63 Å². The molecule has 0 unspecified atom stereocenters. The zero-order valence-electron chi connectivity index (χ0n) is 10.7. The third-order valence-corrected chi connectivity index (χ3v) is 3.63. The van der Waals surface area contributed by atoms with E-state index in [-0.39, 0.29) is 24.5 Å². The van der Waals surface area contributed by atoms with E-state index < -0.39 is 5.92 Å². The first kappa shape index (κ1) is 13.0. The first-order chi connectivity index (χ1) is 9.53. The van der Waals surface area contributed by atoms with Gasteiger partial charge in [0.05, 0.1) is 0 Å². The van der Waals surface area contributed by atoms with Gasteiger partial charge in [-0.15, -0.1) is 0 Å². The van der Waals surface area contributed by atoms with Crippen molar-refractivity contribution in [1.82, 2.24) is 10.1 Å². The molecule has 1 heterocycles. The van der Waals surface area contributed by atoms with Gasteiger partial charge in [-0.3, -0.25) is 0 Å². The summed E-state index contributed by atoms with van der Waals surface area (Å²) < 4.78 is 31.4. The van der Waals surface area contributed by atoms with Crippen molar-refractivity contribution < 1.29 is 18.4 Å². The molecule has 0 saturated heterocycles. The molecule has 1 aromatic heterocycles. The van der Waals surface area contributed by atoms with Gasteiger partial charge in [-0.1, -0.05) is 5.16 Å². The van der Waals surface area contributed by atoms with E-state index in [0.717, 1.165) is 5.56 Å². The maximum atomic E-state index is 13.1. The largest absolute Gasteiger partial charge is 0.508 e. The van der Waals surface area contributed by atoms with Crippen molar-refractivity contribution in [3.8, 4) is 17.1 Å². The first-order valence-corrected chi connectivity index (χ1v) is 6.54. The van der Waals surface area contributed by atoms with E-state index in [1.165, 1.54) is 12.1 Å². The summed E-state index contributed by atoms with van der Waals surface area (Å²) in [4.78, 5) is 4.28. The standard InChI is InChI=1S/C14H14F2N2O2/c15-14(16)7-5-10(6-8-14)13-17-12(18-20-13)9-1-3-11(19)4-2-9/h1-4,10,19H,5-8H2. The predicted molar refractivity (Wildman–Crippen MR) is 67.6 cm³/mol. The second kappa shape index (κ2) is 4.85. The summed E-state index contributed by atoms with van der Waals surface area (Å²) in [7, 11) is 0. The van der Waals surface area contributed by atoms with Gasteiger partial charge in [0.2, 0.25) is 17.6 Å². The van der Waals surface area contributed by atoms with Crippen molar-refractivity contribution in [1.29, 1.82) is 0 Å². The molecule has 106 valence electrons. The highest BCUT2D eigenvalue weighted by molar-refractivity contribution is 5.55. The molecule has 0 atom stereocenters. The Labute approximate surface area is 114 Å². The predicted octanol–water partition coefficient (Wildman–Crippen LogP) is 3.74. The van der Waals surface area contributed by atoms with Crippen LogP contribution in [-0.2, 0) is 0 Å². The highest BCUT2D eigenvalue weighted by Gasteiger charge is 2.37. The molecular weight excluding hydrogens is 266 g/mol. The second-order valence-electron chi connectivity index (χ2n) is 5.13. The minimum Gasteiger partial charge on any atom is -0.508 e. The number of halogens is 2. The highest BCUT2D eigenvalue weighted by Crippen LogP contribution is 2.40. The Balaban J connectivity index is 1.76. The molecule has 2 aromatic rings. The van der Waals surface area contributed by atoms with Gasteiger partial charge in [0, 0.05) is 24.3 Å². The summed E-state index contributed by atoms with van der Waals surface area (Å²) in [6.07, 6.45) is 0.470. The van der Waals surface area contributed by atoms with Crippen molar-refractivity contribution in [2.45, 2.75) is 37.5 Å². The molecule has 1 saturated carbocycles. The van der Waals surface area contributed by atoms with Crippen LogP contribution in [0.5, 0.6) is 5.75 Å². The van der Waals surface area contributed by atoms with Crippen LogP contribution in [0.15, 0.2) is 28.8 Å². The number of benzene rings is 1. The summed E-state index contributed by atoms with van der Waals surface area (Å²) in [6, 6.07) is 6.43. The van der Waals surface area contributed by atoms with Crippen LogP contribution in [0.2, 0.25) is 0 Å². The molecule has 1 fully saturated rings. The molecule has 1 aliphatic rings. The Kier molecular flexibility index (Phi) is 3.16. The molecule has 0 amide bonds. The van der Waals surface area contributed by atoms with E-state index in [2.05, 4.69) is 10.1 Å². The minimum absolute atomic E-state index is 0.0898. The lowest BCUT2D eigenvalue weighted by molar-refractivity contribution is -0.0402. The molecule has 0 bridgehead atoms. The van der Waals surface area contributed by atoms with Crippen LogP contribution in [0.3, 0.4) is 0 Å². The Morgan fingerprint density at radius 2 is 1.80 bits per heavy atom. The number of phenolic OH excluding ortho intramolecular Hbond substituents is 1. The van der Waals surface area contributed by atoms with Gasteiger partial charge in [-0.05, 0) is 37.1 Å². The fraction of sp³-hybridized carbons (Fsp3) is 0.429. The molecule has 0 aliphatic heterocycles. The Hall–Kier alpha value is -1.98. The fourth-order valence-electron chi connectivity index (χ4n) is 2.42. The average Bonchev–Trinajstić information content (AvgIpc) is 2.89. The van der Waals surface area contributed by atoms with Crippen LogP contribution < -0.4 is 0 Å². The SMILES string of the molecule is Oc1ccc(-c2noc(C3CCC(F)(F)CC3)n2)cc1. The van der Waals surface area contributed by atoms with Gasteiger partial charge in [0.25, 0.3) is 0 Å². The van der Waals surface area contributed by atoms with Crippen molar-refractivity contribution in [2.24, 2.45) is 0 Å². The zero-order valence-corrected chi connectivity index (χ0v) is 10.7. The van der Waals surface area contributed by atoms with Crippen LogP contribution in [0, 0.1) is 0 Å². The van der Waals surface area contributed by atoms with Crippen LogP contribution in [0.4, 0.5) is 8.78 Å². The maximum absolute atomic E-state index is 13.1. The quantitative estimate of drug-likeness (QED) is 0.910. The Morgan fingerprint density at radius 3 is 2.45 bits per heavy atom. The number of alkyl halides is 2. The number of rotatable bonds is 2. The molecule has 0 spiro atoms. The van der Waals surface area contributed by atoms with Gasteiger partial charge in [-0.25, -0.2) is 8.78 Å². The summed E-state index contributed by atoms with van der Waals surface area (Å²) >= 11 is 0. The van der Waals surface area contributed by atoms with E-state index in [0.29, 0.717) is 24.6 Å². The number of aromatic nitrogens is 2. The zero-order chi connectivity index (χ0) is 14.2. The first-order valence-electron chi connectivity index (χ1n) is 6.54. The topological polar surface area (TPSA) is 59.2 Å². The highest BCUT2D eigenvalue weighted by atomic mass is 19.3. The lowest BCUT2D eigenvalue weighted by Gasteiger charge is -2.25. The molecule has 1 aliphatic carbocycles. The average molecular weight is 280 g/mol. The molecule has 1 N–H and O–H groups in total. The van der Waals surface area contributed by atoms with Crippen molar-refractivity contribution in [3.63, 3.8) is 0 Å². The molecule has 0 radical (unpaired) electrons. The number of nitrogens with zero attached hydrogens (tertiary/aromatic N) is 2. The van der Waals surface area contributed by atoms with Crippen molar-refractivity contribution >= 4 is 0 Å². The molecule has 6 heteroatoms. The van der Waals surface area contributed by atoms with E-state index in [1.54, 1.807) is 12.1 Å².